The third kappa shape index (κ3) is 5.79. The Bertz CT molecular complexity index is 457. The first-order valence-electron chi connectivity index (χ1n) is 8.77. The van der Waals surface area contributed by atoms with E-state index in [1.807, 2.05) is 39.0 Å². The molecule has 1 saturated heterocycles. The number of benzene rings is 1. The molecular weight excluding hydrogens is 290 g/mol. The highest BCUT2D eigenvalue weighted by atomic mass is 16.5. The minimum atomic E-state index is -0.458. The van der Waals surface area contributed by atoms with E-state index in [1.54, 1.807) is 0 Å². The molecule has 0 saturated carbocycles. The summed E-state index contributed by atoms with van der Waals surface area (Å²) in [5, 5.41) is 10.3. The number of β-amino-alcohol motifs (C(OH)–C–C–N with tert-alkyl or cyclic N) is 1. The highest BCUT2D eigenvalue weighted by Gasteiger charge is 2.22. The third-order valence-electron chi connectivity index (χ3n) is 4.46. The molecule has 1 aliphatic heterocycles. The fraction of sp³-hybridized carbons (Fsp3) is 0.684. The van der Waals surface area contributed by atoms with Gasteiger partial charge in [0.05, 0.1) is 6.61 Å². The Morgan fingerprint density at radius 2 is 2.04 bits per heavy atom. The van der Waals surface area contributed by atoms with E-state index >= 15 is 0 Å². The van der Waals surface area contributed by atoms with Crippen LogP contribution in [0.25, 0.3) is 0 Å². The Morgan fingerprint density at radius 3 is 2.74 bits per heavy atom. The zero-order valence-corrected chi connectivity index (χ0v) is 14.8. The molecule has 0 spiro atoms. The van der Waals surface area contributed by atoms with Crippen molar-refractivity contribution in [1.29, 1.82) is 0 Å². The van der Waals surface area contributed by atoms with Gasteiger partial charge < -0.3 is 19.5 Å². The van der Waals surface area contributed by atoms with Gasteiger partial charge in [-0.1, -0.05) is 18.2 Å². The number of ether oxygens (including phenoxy) is 2. The van der Waals surface area contributed by atoms with E-state index in [9.17, 15) is 5.11 Å². The number of aryl methyl sites for hydroxylation is 2. The van der Waals surface area contributed by atoms with Gasteiger partial charge in [-0.2, -0.15) is 0 Å². The van der Waals surface area contributed by atoms with E-state index in [4.69, 9.17) is 9.47 Å². The first-order chi connectivity index (χ1) is 11.1. The molecule has 2 unspecified atom stereocenters. The molecule has 0 bridgehead atoms. The molecule has 1 aromatic rings. The van der Waals surface area contributed by atoms with Crippen LogP contribution in [-0.2, 0) is 4.74 Å². The largest absolute Gasteiger partial charge is 0.490 e. The van der Waals surface area contributed by atoms with Gasteiger partial charge in [0.25, 0.3) is 0 Å². The first-order valence-corrected chi connectivity index (χ1v) is 8.77. The minimum absolute atomic E-state index is 0.346. The van der Waals surface area contributed by atoms with Gasteiger partial charge in [-0.25, -0.2) is 0 Å². The van der Waals surface area contributed by atoms with Crippen LogP contribution < -0.4 is 4.74 Å². The van der Waals surface area contributed by atoms with Crippen molar-refractivity contribution in [2.75, 3.05) is 39.5 Å². The summed E-state index contributed by atoms with van der Waals surface area (Å²) in [6.45, 7) is 10.8. The molecule has 23 heavy (non-hydrogen) atoms. The lowest BCUT2D eigenvalue weighted by atomic mass is 9.99. The zero-order chi connectivity index (χ0) is 16.7. The molecule has 0 aromatic heterocycles. The quantitative estimate of drug-likeness (QED) is 0.799. The average molecular weight is 321 g/mol. The molecular formula is C19H31NO3. The molecule has 4 nitrogen and oxygen atoms in total. The van der Waals surface area contributed by atoms with E-state index in [0.29, 0.717) is 19.1 Å². The van der Waals surface area contributed by atoms with Crippen LogP contribution in [-0.4, -0.2) is 55.6 Å². The first kappa shape index (κ1) is 18.2. The molecule has 1 heterocycles. The molecule has 1 aliphatic rings. The predicted octanol–water partition coefficient (Wildman–Crippen LogP) is 2.79. The second-order valence-corrected chi connectivity index (χ2v) is 6.61. The monoisotopic (exact) mass is 321 g/mol. The number of hydrogen-bond acceptors (Lipinski definition) is 4. The van der Waals surface area contributed by atoms with Gasteiger partial charge in [0.15, 0.2) is 0 Å². The number of rotatable bonds is 8. The summed E-state index contributed by atoms with van der Waals surface area (Å²) in [6, 6.07) is 6.11. The SMILES string of the molecule is CCOCC1CCCN(CC(O)COc2c(C)cccc2C)C1. The van der Waals surface area contributed by atoms with Crippen LogP contribution in [0.15, 0.2) is 18.2 Å². The number of likely N-dealkylation sites (tertiary alicyclic amines) is 1. The van der Waals surface area contributed by atoms with Gasteiger partial charge in [0, 0.05) is 19.7 Å². The Balaban J connectivity index is 1.77. The lowest BCUT2D eigenvalue weighted by molar-refractivity contribution is 0.0299. The number of para-hydroxylation sites is 1. The maximum absolute atomic E-state index is 10.3. The maximum Gasteiger partial charge on any atom is 0.125 e. The lowest BCUT2D eigenvalue weighted by Gasteiger charge is -2.33. The summed E-state index contributed by atoms with van der Waals surface area (Å²) in [7, 11) is 0. The molecule has 2 rings (SSSR count). The number of aliphatic hydroxyl groups excluding tert-OH is 1. The molecule has 4 heteroatoms. The summed E-state index contributed by atoms with van der Waals surface area (Å²) in [5.41, 5.74) is 2.24. The molecule has 1 N–H and O–H groups in total. The second-order valence-electron chi connectivity index (χ2n) is 6.61. The summed E-state index contributed by atoms with van der Waals surface area (Å²) < 4.78 is 11.4. The van der Waals surface area contributed by atoms with Crippen LogP contribution in [0.2, 0.25) is 0 Å². The Kier molecular flexibility index (Phi) is 7.34. The normalized spacial score (nSPS) is 20.4. The van der Waals surface area contributed by atoms with Crippen LogP contribution >= 0.6 is 0 Å². The van der Waals surface area contributed by atoms with E-state index in [2.05, 4.69) is 4.90 Å². The van der Waals surface area contributed by atoms with E-state index < -0.39 is 6.10 Å². The molecule has 0 radical (unpaired) electrons. The van der Waals surface area contributed by atoms with E-state index in [-0.39, 0.29) is 0 Å². The van der Waals surface area contributed by atoms with E-state index in [1.165, 1.54) is 12.8 Å². The molecule has 0 amide bonds. The lowest BCUT2D eigenvalue weighted by Crippen LogP contribution is -2.42. The molecule has 1 aromatic carbocycles. The second kappa shape index (κ2) is 9.26. The average Bonchev–Trinajstić information content (AvgIpc) is 2.53. The fourth-order valence-electron chi connectivity index (χ4n) is 3.29. The Labute approximate surface area is 140 Å². The van der Waals surface area contributed by atoms with E-state index in [0.717, 1.165) is 43.2 Å². The van der Waals surface area contributed by atoms with Crippen molar-refractivity contribution >= 4 is 0 Å². The van der Waals surface area contributed by atoms with Crippen molar-refractivity contribution in [3.63, 3.8) is 0 Å². The number of hydrogen-bond donors (Lipinski definition) is 1. The number of aliphatic hydroxyl groups is 1. The molecule has 130 valence electrons. The van der Waals surface area contributed by atoms with Crippen LogP contribution in [0.3, 0.4) is 0 Å². The highest BCUT2D eigenvalue weighted by Crippen LogP contribution is 2.22. The van der Waals surface area contributed by atoms with Crippen molar-refractivity contribution in [2.24, 2.45) is 5.92 Å². The molecule has 1 fully saturated rings. The van der Waals surface area contributed by atoms with Crippen molar-refractivity contribution in [3.05, 3.63) is 29.3 Å². The number of piperidine rings is 1. The van der Waals surface area contributed by atoms with Gasteiger partial charge >= 0.3 is 0 Å². The molecule has 0 aliphatic carbocycles. The molecule has 2 atom stereocenters. The van der Waals surface area contributed by atoms with Crippen LogP contribution in [0.4, 0.5) is 0 Å². The van der Waals surface area contributed by atoms with Crippen molar-refractivity contribution < 1.29 is 14.6 Å². The maximum atomic E-state index is 10.3. The standard InChI is InChI=1S/C19H31NO3/c1-4-22-13-17-9-6-10-20(11-17)12-18(21)14-23-19-15(2)7-5-8-16(19)3/h5,7-8,17-18,21H,4,6,9-14H2,1-3H3. The summed E-state index contributed by atoms with van der Waals surface area (Å²) in [5.74, 6) is 1.50. The van der Waals surface area contributed by atoms with Gasteiger partial charge in [0.2, 0.25) is 0 Å². The van der Waals surface area contributed by atoms with Gasteiger partial charge in [0.1, 0.15) is 18.5 Å². The van der Waals surface area contributed by atoms with Crippen molar-refractivity contribution in [3.8, 4) is 5.75 Å². The Hall–Kier alpha value is -1.10. The van der Waals surface area contributed by atoms with Gasteiger partial charge in [-0.15, -0.1) is 0 Å². The number of nitrogens with zero attached hydrogens (tertiary/aromatic N) is 1. The highest BCUT2D eigenvalue weighted by molar-refractivity contribution is 5.39. The summed E-state index contributed by atoms with van der Waals surface area (Å²) in [6.07, 6.45) is 1.95. The van der Waals surface area contributed by atoms with Gasteiger partial charge in [-0.3, -0.25) is 0 Å². The van der Waals surface area contributed by atoms with Crippen LogP contribution in [0.1, 0.15) is 30.9 Å². The smallest absolute Gasteiger partial charge is 0.125 e. The topological polar surface area (TPSA) is 41.9 Å². The Morgan fingerprint density at radius 1 is 1.30 bits per heavy atom. The van der Waals surface area contributed by atoms with Crippen molar-refractivity contribution in [2.45, 2.75) is 39.7 Å². The van der Waals surface area contributed by atoms with Crippen LogP contribution in [0, 0.1) is 19.8 Å². The third-order valence-corrected chi connectivity index (χ3v) is 4.46. The minimum Gasteiger partial charge on any atom is -0.490 e. The fourth-order valence-corrected chi connectivity index (χ4v) is 3.29. The van der Waals surface area contributed by atoms with Crippen molar-refractivity contribution in [1.82, 2.24) is 4.90 Å². The van der Waals surface area contributed by atoms with Crippen LogP contribution in [0.5, 0.6) is 5.75 Å². The summed E-state index contributed by atoms with van der Waals surface area (Å²) >= 11 is 0. The zero-order valence-electron chi connectivity index (χ0n) is 14.8. The summed E-state index contributed by atoms with van der Waals surface area (Å²) in [4.78, 5) is 2.34. The van der Waals surface area contributed by atoms with Gasteiger partial charge in [-0.05, 0) is 57.2 Å². The predicted molar refractivity (Wildman–Crippen MR) is 93.1 cm³/mol.